The van der Waals surface area contributed by atoms with E-state index in [9.17, 15) is 13.2 Å². The van der Waals surface area contributed by atoms with E-state index in [-0.39, 0.29) is 11.2 Å². The van der Waals surface area contributed by atoms with Gasteiger partial charge in [0.15, 0.2) is 0 Å². The molecule has 1 aliphatic carbocycles. The van der Waals surface area contributed by atoms with Crippen molar-refractivity contribution in [2.75, 3.05) is 19.6 Å². The number of hydrogen-bond donors (Lipinski definition) is 1. The van der Waals surface area contributed by atoms with Crippen LogP contribution in [0, 0.1) is 5.92 Å². The van der Waals surface area contributed by atoms with Gasteiger partial charge in [-0.15, -0.1) is 11.3 Å². The van der Waals surface area contributed by atoms with Crippen molar-refractivity contribution in [2.24, 2.45) is 5.92 Å². The Labute approximate surface area is 139 Å². The molecule has 1 aromatic heterocycles. The summed E-state index contributed by atoms with van der Waals surface area (Å²) in [6.45, 7) is 1.74. The first-order valence-electron chi connectivity index (χ1n) is 7.49. The van der Waals surface area contributed by atoms with Gasteiger partial charge in [-0.05, 0) is 43.7 Å². The van der Waals surface area contributed by atoms with Crippen LogP contribution in [0.5, 0.6) is 0 Å². The molecule has 22 heavy (non-hydrogen) atoms. The molecule has 1 aromatic rings. The lowest BCUT2D eigenvalue weighted by atomic mass is 9.98. The maximum absolute atomic E-state index is 12.2. The lowest BCUT2D eigenvalue weighted by Crippen LogP contribution is -2.42. The van der Waals surface area contributed by atoms with E-state index < -0.39 is 10.0 Å². The van der Waals surface area contributed by atoms with Gasteiger partial charge in [0.05, 0.1) is 14.5 Å². The number of nitrogens with zero attached hydrogens (tertiary/aromatic N) is 1. The fourth-order valence-electron chi connectivity index (χ4n) is 2.71. The molecular formula is C14H19ClN2O3S2. The standard InChI is InChI=1S/C14H19ClN2O3S2/c15-13-4-3-12(21-13)14(18)16-9-10-5-7-17(8-6-10)22(19,20)11-1-2-11/h3-4,10-11H,1-2,5-9H2,(H,16,18). The Morgan fingerprint density at radius 3 is 2.50 bits per heavy atom. The molecule has 2 heterocycles. The maximum atomic E-state index is 12.2. The Bertz CT molecular complexity index is 647. The molecule has 2 fully saturated rings. The van der Waals surface area contributed by atoms with Crippen LogP contribution in [0.2, 0.25) is 4.34 Å². The number of nitrogens with one attached hydrogen (secondary N) is 1. The Balaban J connectivity index is 1.45. The molecule has 1 saturated carbocycles. The van der Waals surface area contributed by atoms with Gasteiger partial charge in [-0.2, -0.15) is 0 Å². The molecule has 0 aromatic carbocycles. The molecule has 1 N–H and O–H groups in total. The van der Waals surface area contributed by atoms with Crippen LogP contribution in [0.1, 0.15) is 35.4 Å². The lowest BCUT2D eigenvalue weighted by molar-refractivity contribution is 0.0945. The zero-order valence-electron chi connectivity index (χ0n) is 12.1. The number of rotatable bonds is 5. The number of carbonyl (C=O) groups excluding carboxylic acids is 1. The van der Waals surface area contributed by atoms with Gasteiger partial charge in [0.2, 0.25) is 10.0 Å². The summed E-state index contributed by atoms with van der Waals surface area (Å²) in [6, 6.07) is 3.43. The van der Waals surface area contributed by atoms with E-state index in [0.717, 1.165) is 25.7 Å². The van der Waals surface area contributed by atoms with Crippen LogP contribution in [-0.4, -0.2) is 43.5 Å². The molecule has 0 radical (unpaired) electrons. The van der Waals surface area contributed by atoms with Crippen molar-refractivity contribution in [3.05, 3.63) is 21.3 Å². The highest BCUT2D eigenvalue weighted by molar-refractivity contribution is 7.90. The average molecular weight is 363 g/mol. The summed E-state index contributed by atoms with van der Waals surface area (Å²) in [4.78, 5) is 12.6. The second-order valence-corrected chi connectivity index (χ2v) is 9.83. The molecule has 8 heteroatoms. The first-order valence-corrected chi connectivity index (χ1v) is 10.2. The van der Waals surface area contributed by atoms with Crippen LogP contribution in [0.25, 0.3) is 0 Å². The fourth-order valence-corrected chi connectivity index (χ4v) is 5.54. The molecule has 2 aliphatic rings. The Morgan fingerprint density at radius 2 is 1.95 bits per heavy atom. The van der Waals surface area contributed by atoms with Crippen molar-refractivity contribution in [3.63, 3.8) is 0 Å². The van der Waals surface area contributed by atoms with Crippen molar-refractivity contribution >= 4 is 38.9 Å². The van der Waals surface area contributed by atoms with E-state index in [1.165, 1.54) is 11.3 Å². The third-order valence-corrected chi connectivity index (χ3v) is 7.86. The predicted molar refractivity (Wildman–Crippen MR) is 87.9 cm³/mol. The van der Waals surface area contributed by atoms with E-state index in [0.29, 0.717) is 34.8 Å². The highest BCUT2D eigenvalue weighted by Gasteiger charge is 2.41. The monoisotopic (exact) mass is 362 g/mol. The van der Waals surface area contributed by atoms with Gasteiger partial charge in [-0.1, -0.05) is 11.6 Å². The Morgan fingerprint density at radius 1 is 1.27 bits per heavy atom. The summed E-state index contributed by atoms with van der Waals surface area (Å²) in [7, 11) is -3.05. The van der Waals surface area contributed by atoms with E-state index in [1.54, 1.807) is 16.4 Å². The highest BCUT2D eigenvalue weighted by Crippen LogP contribution is 2.33. The third kappa shape index (κ3) is 3.64. The van der Waals surface area contributed by atoms with Crippen molar-refractivity contribution in [3.8, 4) is 0 Å². The molecule has 0 bridgehead atoms. The quantitative estimate of drug-likeness (QED) is 0.874. The summed E-state index contributed by atoms with van der Waals surface area (Å²) in [5.41, 5.74) is 0. The van der Waals surface area contributed by atoms with Crippen molar-refractivity contribution in [1.29, 1.82) is 0 Å². The number of hydrogen-bond acceptors (Lipinski definition) is 4. The van der Waals surface area contributed by atoms with Crippen molar-refractivity contribution in [2.45, 2.75) is 30.9 Å². The Hall–Kier alpha value is -0.630. The number of amides is 1. The Kier molecular flexibility index (Phi) is 4.77. The first kappa shape index (κ1) is 16.2. The number of halogens is 1. The number of piperidine rings is 1. The highest BCUT2D eigenvalue weighted by atomic mass is 35.5. The molecule has 0 spiro atoms. The largest absolute Gasteiger partial charge is 0.351 e. The molecule has 1 saturated heterocycles. The minimum Gasteiger partial charge on any atom is -0.351 e. The van der Waals surface area contributed by atoms with Gasteiger partial charge in [0.25, 0.3) is 5.91 Å². The minimum atomic E-state index is -3.05. The van der Waals surface area contributed by atoms with E-state index in [1.807, 2.05) is 0 Å². The summed E-state index contributed by atoms with van der Waals surface area (Å²) in [5, 5.41) is 2.78. The molecule has 5 nitrogen and oxygen atoms in total. The van der Waals surface area contributed by atoms with E-state index in [4.69, 9.17) is 11.6 Å². The van der Waals surface area contributed by atoms with Crippen molar-refractivity contribution in [1.82, 2.24) is 9.62 Å². The SMILES string of the molecule is O=C(NCC1CCN(S(=O)(=O)C2CC2)CC1)c1ccc(Cl)s1. The van der Waals surface area contributed by atoms with Crippen LogP contribution in [0.3, 0.4) is 0 Å². The number of carbonyl (C=O) groups is 1. The van der Waals surface area contributed by atoms with Gasteiger partial charge in [-0.25, -0.2) is 12.7 Å². The molecule has 1 aliphatic heterocycles. The normalized spacial score (nSPS) is 21.0. The molecule has 1 amide bonds. The zero-order chi connectivity index (χ0) is 15.7. The van der Waals surface area contributed by atoms with Crippen molar-refractivity contribution < 1.29 is 13.2 Å². The lowest BCUT2D eigenvalue weighted by Gasteiger charge is -2.31. The third-order valence-electron chi connectivity index (χ3n) is 4.23. The number of thiophene rings is 1. The first-order chi connectivity index (χ1) is 10.5. The topological polar surface area (TPSA) is 66.5 Å². The second kappa shape index (κ2) is 6.47. The average Bonchev–Trinajstić information content (AvgIpc) is 3.28. The molecule has 0 unspecified atom stereocenters. The van der Waals surface area contributed by atoms with Crippen LogP contribution < -0.4 is 5.32 Å². The summed E-state index contributed by atoms with van der Waals surface area (Å²) in [5.74, 6) is 0.231. The van der Waals surface area contributed by atoms with Gasteiger partial charge in [0, 0.05) is 19.6 Å². The van der Waals surface area contributed by atoms with Gasteiger partial charge < -0.3 is 5.32 Å². The van der Waals surface area contributed by atoms with Gasteiger partial charge >= 0.3 is 0 Å². The predicted octanol–water partition coefficient (Wildman–Crippen LogP) is 2.34. The van der Waals surface area contributed by atoms with Gasteiger partial charge in [0.1, 0.15) is 0 Å². The fraction of sp³-hybridized carbons (Fsp3) is 0.643. The molecule has 0 atom stereocenters. The zero-order valence-corrected chi connectivity index (χ0v) is 14.5. The van der Waals surface area contributed by atoms with Crippen LogP contribution in [0.15, 0.2) is 12.1 Å². The van der Waals surface area contributed by atoms with E-state index >= 15 is 0 Å². The molecule has 3 rings (SSSR count). The molecular weight excluding hydrogens is 344 g/mol. The summed E-state index contributed by atoms with van der Waals surface area (Å²) in [6.07, 6.45) is 3.22. The van der Waals surface area contributed by atoms with Gasteiger partial charge in [-0.3, -0.25) is 4.79 Å². The smallest absolute Gasteiger partial charge is 0.261 e. The molecule has 122 valence electrons. The van der Waals surface area contributed by atoms with Crippen LogP contribution in [-0.2, 0) is 10.0 Å². The minimum absolute atomic E-state index is 0.107. The maximum Gasteiger partial charge on any atom is 0.261 e. The second-order valence-electron chi connectivity index (χ2n) is 5.90. The van der Waals surface area contributed by atoms with Crippen LogP contribution in [0.4, 0.5) is 0 Å². The van der Waals surface area contributed by atoms with Crippen LogP contribution >= 0.6 is 22.9 Å². The summed E-state index contributed by atoms with van der Waals surface area (Å²) >= 11 is 7.08. The summed E-state index contributed by atoms with van der Waals surface area (Å²) < 4.78 is 26.5. The van der Waals surface area contributed by atoms with E-state index in [2.05, 4.69) is 5.32 Å². The number of sulfonamides is 1.